The van der Waals surface area contributed by atoms with Gasteiger partial charge in [-0.2, -0.15) is 0 Å². The normalized spacial score (nSPS) is 18.3. The minimum absolute atomic E-state index is 0.0907. The van der Waals surface area contributed by atoms with Gasteiger partial charge in [-0.25, -0.2) is 0 Å². The molecule has 1 heterocycles. The molecule has 1 amide bonds. The van der Waals surface area contributed by atoms with Gasteiger partial charge in [-0.15, -0.1) is 0 Å². The van der Waals surface area contributed by atoms with Gasteiger partial charge in [0.15, 0.2) is 0 Å². The molecule has 0 bridgehead atoms. The molecule has 4 nitrogen and oxygen atoms in total. The van der Waals surface area contributed by atoms with E-state index in [2.05, 4.69) is 5.32 Å². The monoisotopic (exact) mass is 207 g/mol. The van der Waals surface area contributed by atoms with Gasteiger partial charge < -0.3 is 14.8 Å². The van der Waals surface area contributed by atoms with Crippen molar-refractivity contribution in [3.05, 3.63) is 29.8 Å². The number of carbonyl (C=O) groups excluding carboxylic acids is 1. The van der Waals surface area contributed by atoms with Crippen molar-refractivity contribution in [2.75, 3.05) is 20.3 Å². The number of hydrogen-bond donors (Lipinski definition) is 1. The van der Waals surface area contributed by atoms with Crippen LogP contribution in [0.15, 0.2) is 24.3 Å². The van der Waals surface area contributed by atoms with Crippen molar-refractivity contribution >= 4 is 5.91 Å². The Balaban J connectivity index is 1.93. The van der Waals surface area contributed by atoms with Gasteiger partial charge in [0.2, 0.25) is 0 Å². The van der Waals surface area contributed by atoms with Crippen LogP contribution in [0.25, 0.3) is 0 Å². The predicted octanol–water partition coefficient (Wildman–Crippen LogP) is 0.824. The molecule has 1 fully saturated rings. The van der Waals surface area contributed by atoms with Crippen LogP contribution in [0, 0.1) is 0 Å². The van der Waals surface area contributed by atoms with Crippen LogP contribution >= 0.6 is 0 Å². The Kier molecular flexibility index (Phi) is 2.87. The fraction of sp³-hybridized carbons (Fsp3) is 0.364. The maximum absolute atomic E-state index is 11.2. The highest BCUT2D eigenvalue weighted by Gasteiger charge is 2.22. The van der Waals surface area contributed by atoms with Crippen LogP contribution in [0.3, 0.4) is 0 Å². The predicted molar refractivity (Wildman–Crippen MR) is 55.1 cm³/mol. The second-order valence-corrected chi connectivity index (χ2v) is 3.37. The molecule has 1 aromatic carbocycles. The van der Waals surface area contributed by atoms with Crippen molar-refractivity contribution in [3.8, 4) is 5.75 Å². The molecule has 4 heteroatoms. The first-order chi connectivity index (χ1) is 7.29. The van der Waals surface area contributed by atoms with Crippen LogP contribution in [0.4, 0.5) is 0 Å². The summed E-state index contributed by atoms with van der Waals surface area (Å²) >= 11 is 0. The highest BCUT2D eigenvalue weighted by molar-refractivity contribution is 5.94. The highest BCUT2D eigenvalue weighted by Crippen LogP contribution is 2.15. The fourth-order valence-corrected chi connectivity index (χ4v) is 1.20. The van der Waals surface area contributed by atoms with Crippen molar-refractivity contribution in [1.82, 2.24) is 5.32 Å². The summed E-state index contributed by atoms with van der Waals surface area (Å²) in [7, 11) is 1.61. The number of benzene rings is 1. The van der Waals surface area contributed by atoms with Crippen molar-refractivity contribution in [2.45, 2.75) is 6.10 Å². The minimum atomic E-state index is -0.0907. The molecule has 1 atom stereocenters. The molecule has 1 aromatic rings. The third kappa shape index (κ3) is 2.70. The summed E-state index contributed by atoms with van der Waals surface area (Å²) in [5.41, 5.74) is 0.632. The summed E-state index contributed by atoms with van der Waals surface area (Å²) in [6.45, 7) is 1.37. The summed E-state index contributed by atoms with van der Waals surface area (Å²) in [6, 6.07) is 7.05. The molecule has 1 saturated heterocycles. The fourth-order valence-electron chi connectivity index (χ4n) is 1.20. The first-order valence-corrected chi connectivity index (χ1v) is 4.86. The van der Waals surface area contributed by atoms with Crippen molar-refractivity contribution in [3.63, 3.8) is 0 Å². The number of ether oxygens (including phenoxy) is 2. The Hall–Kier alpha value is -1.55. The molecule has 0 saturated carbocycles. The largest absolute Gasteiger partial charge is 0.491 e. The minimum Gasteiger partial charge on any atom is -0.491 e. The number of nitrogens with one attached hydrogen (secondary N) is 1. The van der Waals surface area contributed by atoms with Crippen molar-refractivity contribution in [1.29, 1.82) is 0 Å². The first-order valence-electron chi connectivity index (χ1n) is 4.86. The molecule has 0 spiro atoms. The summed E-state index contributed by atoms with van der Waals surface area (Å²) in [5.74, 6) is 0.672. The number of carbonyl (C=O) groups is 1. The van der Waals surface area contributed by atoms with Crippen LogP contribution in [-0.2, 0) is 4.74 Å². The lowest BCUT2D eigenvalue weighted by atomic mass is 10.2. The summed E-state index contributed by atoms with van der Waals surface area (Å²) in [5, 5.41) is 2.56. The Morgan fingerprint density at radius 1 is 1.53 bits per heavy atom. The van der Waals surface area contributed by atoms with E-state index in [1.165, 1.54) is 0 Å². The highest BCUT2D eigenvalue weighted by atomic mass is 16.6. The lowest BCUT2D eigenvalue weighted by molar-refractivity contribution is 0.0963. The molecular formula is C11H13NO3. The summed E-state index contributed by atoms with van der Waals surface area (Å²) in [6.07, 6.45) is 0.253. The van der Waals surface area contributed by atoms with Crippen LogP contribution in [0.5, 0.6) is 5.75 Å². The van der Waals surface area contributed by atoms with Gasteiger partial charge in [0.1, 0.15) is 18.5 Å². The van der Waals surface area contributed by atoms with E-state index < -0.39 is 0 Å². The maximum Gasteiger partial charge on any atom is 0.251 e. The van der Waals surface area contributed by atoms with E-state index in [4.69, 9.17) is 9.47 Å². The topological polar surface area (TPSA) is 50.9 Å². The molecule has 1 aliphatic heterocycles. The van der Waals surface area contributed by atoms with Gasteiger partial charge >= 0.3 is 0 Å². The smallest absolute Gasteiger partial charge is 0.251 e. The number of hydrogen-bond acceptors (Lipinski definition) is 3. The average Bonchev–Trinajstić information content (AvgIpc) is 3.10. The molecule has 2 rings (SSSR count). The first kappa shape index (κ1) is 9.98. The van der Waals surface area contributed by atoms with Crippen molar-refractivity contribution < 1.29 is 14.3 Å². The Labute approximate surface area is 88.2 Å². The van der Waals surface area contributed by atoms with E-state index in [-0.39, 0.29) is 12.0 Å². The third-order valence-electron chi connectivity index (χ3n) is 2.18. The number of rotatable bonds is 4. The van der Waals surface area contributed by atoms with Gasteiger partial charge in [-0.3, -0.25) is 4.79 Å². The lowest BCUT2D eigenvalue weighted by Crippen LogP contribution is -2.17. The number of amides is 1. The molecule has 0 radical (unpaired) electrons. The van der Waals surface area contributed by atoms with Crippen molar-refractivity contribution in [2.24, 2.45) is 0 Å². The quantitative estimate of drug-likeness (QED) is 0.744. The lowest BCUT2D eigenvalue weighted by Gasteiger charge is -2.04. The van der Waals surface area contributed by atoms with Gasteiger partial charge in [0, 0.05) is 12.6 Å². The zero-order valence-corrected chi connectivity index (χ0v) is 8.53. The number of epoxide rings is 1. The average molecular weight is 207 g/mol. The second kappa shape index (κ2) is 4.31. The molecule has 80 valence electrons. The van der Waals surface area contributed by atoms with E-state index in [0.29, 0.717) is 12.2 Å². The Morgan fingerprint density at radius 3 is 2.73 bits per heavy atom. The van der Waals surface area contributed by atoms with E-state index >= 15 is 0 Å². The van der Waals surface area contributed by atoms with Gasteiger partial charge in [0.05, 0.1) is 6.61 Å². The van der Waals surface area contributed by atoms with E-state index in [1.807, 2.05) is 0 Å². The van der Waals surface area contributed by atoms with E-state index in [9.17, 15) is 4.79 Å². The van der Waals surface area contributed by atoms with Crippen LogP contribution in [0.2, 0.25) is 0 Å². The zero-order valence-electron chi connectivity index (χ0n) is 8.53. The van der Waals surface area contributed by atoms with E-state index in [1.54, 1.807) is 31.3 Å². The summed E-state index contributed by atoms with van der Waals surface area (Å²) < 4.78 is 10.5. The molecule has 0 aliphatic carbocycles. The standard InChI is InChI=1S/C11H13NO3/c1-12-11(13)8-2-4-9(5-3-8)14-6-10-7-15-10/h2-5,10H,6-7H2,1H3,(H,12,13). The molecule has 1 N–H and O–H groups in total. The second-order valence-electron chi connectivity index (χ2n) is 3.37. The van der Waals surface area contributed by atoms with Crippen LogP contribution in [0.1, 0.15) is 10.4 Å². The van der Waals surface area contributed by atoms with Crippen LogP contribution in [-0.4, -0.2) is 32.3 Å². The third-order valence-corrected chi connectivity index (χ3v) is 2.18. The molecule has 0 aromatic heterocycles. The summed E-state index contributed by atoms with van der Waals surface area (Å²) in [4.78, 5) is 11.2. The Morgan fingerprint density at radius 2 is 2.20 bits per heavy atom. The molecule has 1 unspecified atom stereocenters. The molecule has 15 heavy (non-hydrogen) atoms. The maximum atomic E-state index is 11.2. The van der Waals surface area contributed by atoms with Gasteiger partial charge in [-0.1, -0.05) is 0 Å². The SMILES string of the molecule is CNC(=O)c1ccc(OCC2CO2)cc1. The van der Waals surface area contributed by atoms with Gasteiger partial charge in [0.25, 0.3) is 5.91 Å². The van der Waals surface area contributed by atoms with Crippen LogP contribution < -0.4 is 10.1 Å². The zero-order chi connectivity index (χ0) is 10.7. The molecular weight excluding hydrogens is 194 g/mol. The van der Waals surface area contributed by atoms with Gasteiger partial charge in [-0.05, 0) is 24.3 Å². The molecule has 1 aliphatic rings. The Bertz CT molecular complexity index is 343. The van der Waals surface area contributed by atoms with E-state index in [0.717, 1.165) is 12.4 Å².